The predicted octanol–water partition coefficient (Wildman–Crippen LogP) is 1.28. The van der Waals surface area contributed by atoms with Gasteiger partial charge in [-0.1, -0.05) is 12.8 Å². The van der Waals surface area contributed by atoms with Gasteiger partial charge in [-0.3, -0.25) is 9.59 Å². The van der Waals surface area contributed by atoms with Crippen molar-refractivity contribution in [2.45, 2.75) is 58.0 Å². The largest absolute Gasteiger partial charge is 0.340 e. The Kier molecular flexibility index (Phi) is 4.02. The number of aromatic nitrogens is 3. The van der Waals surface area contributed by atoms with Crippen LogP contribution in [-0.4, -0.2) is 56.0 Å². The van der Waals surface area contributed by atoms with Gasteiger partial charge in [-0.25, -0.2) is 0 Å². The maximum absolute atomic E-state index is 13.2. The molecule has 0 aromatic carbocycles. The first-order valence-electron chi connectivity index (χ1n) is 9.16. The van der Waals surface area contributed by atoms with Gasteiger partial charge < -0.3 is 14.4 Å². The number of hydrogen-bond acceptors (Lipinski definition) is 4. The fourth-order valence-corrected chi connectivity index (χ4v) is 4.35. The molecule has 4 rings (SSSR count). The Morgan fingerprint density at radius 3 is 2.33 bits per heavy atom. The van der Waals surface area contributed by atoms with Gasteiger partial charge in [-0.2, -0.15) is 0 Å². The zero-order chi connectivity index (χ0) is 16.7. The van der Waals surface area contributed by atoms with E-state index in [2.05, 4.69) is 10.2 Å². The summed E-state index contributed by atoms with van der Waals surface area (Å²) in [5.41, 5.74) is 0. The van der Waals surface area contributed by atoms with Crippen LogP contribution in [0.5, 0.6) is 0 Å². The third-order valence-corrected chi connectivity index (χ3v) is 5.72. The number of hydrogen-bond donors (Lipinski definition) is 0. The zero-order valence-corrected chi connectivity index (χ0v) is 14.3. The van der Waals surface area contributed by atoms with Gasteiger partial charge in [0.15, 0.2) is 11.9 Å². The van der Waals surface area contributed by atoms with Crippen molar-refractivity contribution in [1.29, 1.82) is 0 Å². The number of carbonyl (C=O) groups is 2. The highest BCUT2D eigenvalue weighted by Crippen LogP contribution is 2.33. The van der Waals surface area contributed by atoms with Crippen LogP contribution in [0, 0.1) is 12.8 Å². The quantitative estimate of drug-likeness (QED) is 0.818. The van der Waals surface area contributed by atoms with Crippen LogP contribution in [0.2, 0.25) is 0 Å². The van der Waals surface area contributed by atoms with E-state index >= 15 is 0 Å². The van der Waals surface area contributed by atoms with E-state index < -0.39 is 6.04 Å². The third kappa shape index (κ3) is 2.50. The van der Waals surface area contributed by atoms with Crippen molar-refractivity contribution < 1.29 is 9.59 Å². The van der Waals surface area contributed by atoms with Gasteiger partial charge in [0.05, 0.1) is 0 Å². The highest BCUT2D eigenvalue weighted by molar-refractivity contribution is 5.89. The van der Waals surface area contributed by atoms with Crippen LogP contribution in [0.4, 0.5) is 0 Å². The van der Waals surface area contributed by atoms with E-state index in [1.54, 1.807) is 4.90 Å². The Balaban J connectivity index is 1.67. The first-order chi connectivity index (χ1) is 11.7. The molecule has 7 nitrogen and oxygen atoms in total. The normalized spacial score (nSPS) is 24.5. The maximum atomic E-state index is 13.2. The highest BCUT2D eigenvalue weighted by Gasteiger charge is 2.43. The van der Waals surface area contributed by atoms with Gasteiger partial charge in [0.1, 0.15) is 5.82 Å². The molecule has 1 unspecified atom stereocenters. The van der Waals surface area contributed by atoms with Crippen molar-refractivity contribution in [3.8, 4) is 0 Å². The minimum atomic E-state index is -0.592. The maximum Gasteiger partial charge on any atom is 0.253 e. The summed E-state index contributed by atoms with van der Waals surface area (Å²) in [5, 5.41) is 8.41. The molecule has 0 spiro atoms. The monoisotopic (exact) mass is 331 g/mol. The van der Waals surface area contributed by atoms with E-state index in [1.165, 1.54) is 0 Å². The number of rotatable bonds is 2. The smallest absolute Gasteiger partial charge is 0.253 e. The molecule has 1 saturated heterocycles. The van der Waals surface area contributed by atoms with Gasteiger partial charge in [-0.05, 0) is 32.6 Å². The van der Waals surface area contributed by atoms with Crippen LogP contribution in [0.25, 0.3) is 0 Å². The lowest BCUT2D eigenvalue weighted by atomic mass is 10.0. The minimum Gasteiger partial charge on any atom is -0.340 e. The summed E-state index contributed by atoms with van der Waals surface area (Å²) >= 11 is 0. The minimum absolute atomic E-state index is 0.0206. The lowest BCUT2D eigenvalue weighted by Crippen LogP contribution is -2.51. The van der Waals surface area contributed by atoms with Gasteiger partial charge in [0.2, 0.25) is 5.91 Å². The SMILES string of the molecule is Cc1nnc2n1CCN(C(=O)C1CCCC1)C2C(=O)N1CCCC1. The Morgan fingerprint density at radius 1 is 0.917 bits per heavy atom. The number of amides is 2. The number of fused-ring (bicyclic) bond motifs is 1. The van der Waals surface area contributed by atoms with Crippen molar-refractivity contribution in [2.24, 2.45) is 5.92 Å². The molecule has 1 atom stereocenters. The molecule has 3 aliphatic rings. The van der Waals surface area contributed by atoms with Crippen LogP contribution in [0.3, 0.4) is 0 Å². The van der Waals surface area contributed by atoms with E-state index in [0.717, 1.165) is 57.4 Å². The lowest BCUT2D eigenvalue weighted by molar-refractivity contribution is -0.149. The summed E-state index contributed by atoms with van der Waals surface area (Å²) in [6.07, 6.45) is 6.22. The topological polar surface area (TPSA) is 71.3 Å². The van der Waals surface area contributed by atoms with Crippen LogP contribution in [-0.2, 0) is 16.1 Å². The first kappa shape index (κ1) is 15.6. The first-order valence-corrected chi connectivity index (χ1v) is 9.16. The van der Waals surface area contributed by atoms with Crippen LogP contribution in [0.1, 0.15) is 56.2 Å². The summed E-state index contributed by atoms with van der Waals surface area (Å²) in [7, 11) is 0. The molecule has 1 saturated carbocycles. The number of aryl methyl sites for hydroxylation is 1. The number of carbonyl (C=O) groups excluding carboxylic acids is 2. The Morgan fingerprint density at radius 2 is 1.62 bits per heavy atom. The lowest BCUT2D eigenvalue weighted by Gasteiger charge is -2.37. The summed E-state index contributed by atoms with van der Waals surface area (Å²) in [6.45, 7) is 4.73. The number of likely N-dealkylation sites (tertiary alicyclic amines) is 1. The molecule has 1 aliphatic carbocycles. The fourth-order valence-electron chi connectivity index (χ4n) is 4.35. The summed E-state index contributed by atoms with van der Waals surface area (Å²) in [6, 6.07) is -0.592. The number of nitrogens with zero attached hydrogens (tertiary/aromatic N) is 5. The molecule has 1 aromatic heterocycles. The summed E-state index contributed by atoms with van der Waals surface area (Å²) in [4.78, 5) is 29.9. The second-order valence-electron chi connectivity index (χ2n) is 7.20. The molecular weight excluding hydrogens is 306 g/mol. The van der Waals surface area contributed by atoms with Crippen molar-refractivity contribution >= 4 is 11.8 Å². The summed E-state index contributed by atoms with van der Waals surface area (Å²) in [5.74, 6) is 1.69. The van der Waals surface area contributed by atoms with E-state index in [0.29, 0.717) is 18.9 Å². The molecule has 2 aliphatic heterocycles. The van der Waals surface area contributed by atoms with Crippen LogP contribution >= 0.6 is 0 Å². The van der Waals surface area contributed by atoms with Gasteiger partial charge in [0.25, 0.3) is 5.91 Å². The molecular formula is C17H25N5O2. The fraction of sp³-hybridized carbons (Fsp3) is 0.765. The molecule has 2 amide bonds. The molecule has 0 bridgehead atoms. The van der Waals surface area contributed by atoms with Gasteiger partial charge >= 0.3 is 0 Å². The molecule has 3 heterocycles. The second kappa shape index (κ2) is 6.18. The van der Waals surface area contributed by atoms with Crippen LogP contribution in [0.15, 0.2) is 0 Å². The van der Waals surface area contributed by atoms with Crippen molar-refractivity contribution in [3.63, 3.8) is 0 Å². The molecule has 0 radical (unpaired) electrons. The van der Waals surface area contributed by atoms with E-state index in [9.17, 15) is 9.59 Å². The van der Waals surface area contributed by atoms with Gasteiger partial charge in [-0.15, -0.1) is 10.2 Å². The van der Waals surface area contributed by atoms with Crippen molar-refractivity contribution in [1.82, 2.24) is 24.6 Å². The standard InChI is InChI=1S/C17H25N5O2/c1-12-18-19-15-14(17(24)20-8-4-5-9-20)22(11-10-21(12)15)16(23)13-6-2-3-7-13/h13-14H,2-11H2,1H3. The van der Waals surface area contributed by atoms with E-state index in [4.69, 9.17) is 0 Å². The van der Waals surface area contributed by atoms with Gasteiger partial charge in [0, 0.05) is 32.1 Å². The second-order valence-corrected chi connectivity index (χ2v) is 7.20. The van der Waals surface area contributed by atoms with Crippen LogP contribution < -0.4 is 0 Å². The zero-order valence-electron chi connectivity index (χ0n) is 14.3. The summed E-state index contributed by atoms with van der Waals surface area (Å²) < 4.78 is 2.00. The molecule has 130 valence electrons. The molecule has 1 aromatic rings. The van der Waals surface area contributed by atoms with Crippen molar-refractivity contribution in [2.75, 3.05) is 19.6 Å². The molecule has 24 heavy (non-hydrogen) atoms. The predicted molar refractivity (Wildman–Crippen MR) is 87.0 cm³/mol. The Hall–Kier alpha value is -1.92. The average Bonchev–Trinajstić information content (AvgIpc) is 3.34. The van der Waals surface area contributed by atoms with E-state index in [1.807, 2.05) is 16.4 Å². The molecule has 7 heteroatoms. The Bertz CT molecular complexity index is 643. The molecule has 0 N–H and O–H groups in total. The Labute approximate surface area is 142 Å². The van der Waals surface area contributed by atoms with Crippen molar-refractivity contribution in [3.05, 3.63) is 11.6 Å². The molecule has 2 fully saturated rings. The third-order valence-electron chi connectivity index (χ3n) is 5.72. The average molecular weight is 331 g/mol. The highest BCUT2D eigenvalue weighted by atomic mass is 16.2. The van der Waals surface area contributed by atoms with E-state index in [-0.39, 0.29) is 17.7 Å².